The third-order valence-corrected chi connectivity index (χ3v) is 3.69. The molecule has 0 aliphatic rings. The molecule has 0 saturated heterocycles. The molecule has 1 atom stereocenters. The lowest BCUT2D eigenvalue weighted by Gasteiger charge is -2.11. The summed E-state index contributed by atoms with van der Waals surface area (Å²) in [4.78, 5) is 8.76. The van der Waals surface area contributed by atoms with E-state index in [-0.39, 0.29) is 0 Å². The predicted octanol–water partition coefficient (Wildman–Crippen LogP) is 3.16. The minimum absolute atomic E-state index is 0.679. The Balaban J connectivity index is 2.51. The maximum Gasteiger partial charge on any atom is 0.131 e. The minimum Gasteiger partial charge on any atom is -0.370 e. The Morgan fingerprint density at radius 3 is 2.39 bits per heavy atom. The van der Waals surface area contributed by atoms with Crippen LogP contribution >= 0.6 is 11.8 Å². The molecule has 1 rings (SSSR count). The van der Waals surface area contributed by atoms with Crippen molar-refractivity contribution in [1.29, 1.82) is 0 Å². The molecule has 5 heteroatoms. The third kappa shape index (κ3) is 5.58. The number of aryl methyl sites for hydroxylation is 1. The molecule has 0 radical (unpaired) electrons. The molecule has 1 aromatic rings. The van der Waals surface area contributed by atoms with E-state index in [9.17, 15) is 0 Å². The SMILES string of the molecule is CCCNc1cc(NCCC(C)SC)nc(C)n1. The molecule has 18 heavy (non-hydrogen) atoms. The van der Waals surface area contributed by atoms with Gasteiger partial charge in [-0.1, -0.05) is 13.8 Å². The van der Waals surface area contributed by atoms with Gasteiger partial charge in [-0.05, 0) is 26.0 Å². The van der Waals surface area contributed by atoms with Gasteiger partial charge in [0.1, 0.15) is 17.5 Å². The van der Waals surface area contributed by atoms with E-state index >= 15 is 0 Å². The summed E-state index contributed by atoms with van der Waals surface area (Å²) in [5, 5.41) is 7.33. The van der Waals surface area contributed by atoms with E-state index in [0.717, 1.165) is 43.4 Å². The van der Waals surface area contributed by atoms with Crippen molar-refractivity contribution in [2.75, 3.05) is 30.0 Å². The lowest BCUT2D eigenvalue weighted by atomic mass is 10.3. The van der Waals surface area contributed by atoms with E-state index in [0.29, 0.717) is 5.25 Å². The summed E-state index contributed by atoms with van der Waals surface area (Å²) in [7, 11) is 0. The zero-order chi connectivity index (χ0) is 13.4. The van der Waals surface area contributed by atoms with Crippen LogP contribution in [0.1, 0.15) is 32.5 Å². The van der Waals surface area contributed by atoms with Crippen LogP contribution in [0.4, 0.5) is 11.6 Å². The molecule has 1 unspecified atom stereocenters. The molecule has 102 valence electrons. The Hall–Kier alpha value is -0.970. The van der Waals surface area contributed by atoms with Gasteiger partial charge in [-0.3, -0.25) is 0 Å². The lowest BCUT2D eigenvalue weighted by molar-refractivity contribution is 0.847. The molecule has 0 fully saturated rings. The normalized spacial score (nSPS) is 12.2. The summed E-state index contributed by atoms with van der Waals surface area (Å²) < 4.78 is 0. The second-order valence-electron chi connectivity index (χ2n) is 4.37. The van der Waals surface area contributed by atoms with Crippen molar-refractivity contribution < 1.29 is 0 Å². The zero-order valence-corrected chi connectivity index (χ0v) is 12.6. The van der Waals surface area contributed by atoms with Gasteiger partial charge in [-0.15, -0.1) is 0 Å². The van der Waals surface area contributed by atoms with Crippen molar-refractivity contribution in [2.45, 2.75) is 38.9 Å². The summed E-state index contributed by atoms with van der Waals surface area (Å²) in [5.74, 6) is 2.62. The minimum atomic E-state index is 0.679. The fourth-order valence-corrected chi connectivity index (χ4v) is 1.88. The van der Waals surface area contributed by atoms with Crippen LogP contribution in [0.2, 0.25) is 0 Å². The Labute approximate surface area is 114 Å². The molecule has 2 N–H and O–H groups in total. The molecule has 0 saturated carbocycles. The molecular weight excluding hydrogens is 244 g/mol. The van der Waals surface area contributed by atoms with Crippen molar-refractivity contribution in [2.24, 2.45) is 0 Å². The van der Waals surface area contributed by atoms with Crippen molar-refractivity contribution in [1.82, 2.24) is 9.97 Å². The quantitative estimate of drug-likeness (QED) is 0.758. The Morgan fingerprint density at radius 2 is 1.83 bits per heavy atom. The van der Waals surface area contributed by atoms with Crippen LogP contribution in [-0.4, -0.2) is 34.6 Å². The Morgan fingerprint density at radius 1 is 1.22 bits per heavy atom. The predicted molar refractivity (Wildman–Crippen MR) is 81.6 cm³/mol. The molecule has 0 spiro atoms. The van der Waals surface area contributed by atoms with Crippen molar-refractivity contribution in [3.05, 3.63) is 11.9 Å². The maximum atomic E-state index is 4.40. The number of anilines is 2. The summed E-state index contributed by atoms with van der Waals surface area (Å²) in [5.41, 5.74) is 0. The van der Waals surface area contributed by atoms with Gasteiger partial charge < -0.3 is 10.6 Å². The monoisotopic (exact) mass is 268 g/mol. The van der Waals surface area contributed by atoms with E-state index in [1.165, 1.54) is 0 Å². The van der Waals surface area contributed by atoms with Gasteiger partial charge in [0, 0.05) is 24.4 Å². The van der Waals surface area contributed by atoms with E-state index in [1.807, 2.05) is 24.8 Å². The van der Waals surface area contributed by atoms with Crippen LogP contribution in [0.25, 0.3) is 0 Å². The van der Waals surface area contributed by atoms with Gasteiger partial charge in [-0.25, -0.2) is 9.97 Å². The van der Waals surface area contributed by atoms with Crippen molar-refractivity contribution in [3.63, 3.8) is 0 Å². The largest absolute Gasteiger partial charge is 0.370 e. The number of rotatable bonds is 8. The first-order valence-corrected chi connectivity index (χ1v) is 7.80. The smallest absolute Gasteiger partial charge is 0.131 e. The lowest BCUT2D eigenvalue weighted by Crippen LogP contribution is -2.11. The molecule has 0 aromatic carbocycles. The second-order valence-corrected chi connectivity index (χ2v) is 5.65. The first-order valence-electron chi connectivity index (χ1n) is 6.52. The van der Waals surface area contributed by atoms with Gasteiger partial charge in [0.15, 0.2) is 0 Å². The number of thioether (sulfide) groups is 1. The van der Waals surface area contributed by atoms with Crippen LogP contribution in [0.3, 0.4) is 0 Å². The summed E-state index contributed by atoms with van der Waals surface area (Å²) in [6, 6.07) is 1.98. The molecule has 1 heterocycles. The Kier molecular flexibility index (Phi) is 6.86. The summed E-state index contributed by atoms with van der Waals surface area (Å²) in [6.45, 7) is 8.20. The second kappa shape index (κ2) is 8.19. The van der Waals surface area contributed by atoms with Crippen LogP contribution in [0, 0.1) is 6.92 Å². The molecular formula is C13H24N4S. The molecule has 0 bridgehead atoms. The van der Waals surface area contributed by atoms with Crippen molar-refractivity contribution >= 4 is 23.4 Å². The van der Waals surface area contributed by atoms with Crippen molar-refractivity contribution in [3.8, 4) is 0 Å². The van der Waals surface area contributed by atoms with Gasteiger partial charge in [0.2, 0.25) is 0 Å². The number of nitrogens with one attached hydrogen (secondary N) is 2. The average molecular weight is 268 g/mol. The highest BCUT2D eigenvalue weighted by molar-refractivity contribution is 7.99. The van der Waals surface area contributed by atoms with E-state index in [1.54, 1.807) is 0 Å². The number of aromatic nitrogens is 2. The van der Waals surface area contributed by atoms with Crippen LogP contribution in [-0.2, 0) is 0 Å². The first-order chi connectivity index (χ1) is 8.65. The molecule has 0 aliphatic carbocycles. The number of hydrogen-bond acceptors (Lipinski definition) is 5. The molecule has 0 aliphatic heterocycles. The maximum absolute atomic E-state index is 4.40. The summed E-state index contributed by atoms with van der Waals surface area (Å²) >= 11 is 1.89. The highest BCUT2D eigenvalue weighted by Crippen LogP contribution is 2.13. The zero-order valence-electron chi connectivity index (χ0n) is 11.8. The van der Waals surface area contributed by atoms with Crippen LogP contribution in [0.5, 0.6) is 0 Å². The van der Waals surface area contributed by atoms with E-state index < -0.39 is 0 Å². The molecule has 4 nitrogen and oxygen atoms in total. The van der Waals surface area contributed by atoms with Gasteiger partial charge >= 0.3 is 0 Å². The number of hydrogen-bond donors (Lipinski definition) is 2. The fourth-order valence-electron chi connectivity index (χ4n) is 1.52. The van der Waals surface area contributed by atoms with E-state index in [4.69, 9.17) is 0 Å². The highest BCUT2D eigenvalue weighted by atomic mass is 32.2. The van der Waals surface area contributed by atoms with E-state index in [2.05, 4.69) is 40.7 Å². The third-order valence-electron chi connectivity index (χ3n) is 2.65. The Bertz CT molecular complexity index is 357. The average Bonchev–Trinajstić information content (AvgIpc) is 2.35. The fraction of sp³-hybridized carbons (Fsp3) is 0.692. The summed E-state index contributed by atoms with van der Waals surface area (Å²) in [6.07, 6.45) is 4.38. The molecule has 1 aromatic heterocycles. The van der Waals surface area contributed by atoms with Gasteiger partial charge in [0.25, 0.3) is 0 Å². The van der Waals surface area contributed by atoms with Gasteiger partial charge in [-0.2, -0.15) is 11.8 Å². The van der Waals surface area contributed by atoms with Crippen LogP contribution < -0.4 is 10.6 Å². The molecule has 0 amide bonds. The van der Waals surface area contributed by atoms with Gasteiger partial charge in [0.05, 0.1) is 0 Å². The standard InChI is InChI=1S/C13H24N4S/c1-5-7-14-12-9-13(17-11(3)16-12)15-8-6-10(2)18-4/h9-10H,5-8H2,1-4H3,(H2,14,15,16,17). The van der Waals surface area contributed by atoms with Crippen LogP contribution in [0.15, 0.2) is 6.07 Å². The number of nitrogens with zero attached hydrogens (tertiary/aromatic N) is 2. The first kappa shape index (κ1) is 15.1. The topological polar surface area (TPSA) is 49.8 Å². The highest BCUT2D eigenvalue weighted by Gasteiger charge is 2.02.